The fraction of sp³-hybridized carbons (Fsp3) is 0.600. The predicted molar refractivity (Wildman–Crippen MR) is 66.7 cm³/mol. The molecule has 1 aromatic rings. The molecule has 0 unspecified atom stereocenters. The Kier molecular flexibility index (Phi) is 4.90. The fourth-order valence-electron chi connectivity index (χ4n) is 1.30. The fourth-order valence-corrected chi connectivity index (χ4v) is 1.30. The third-order valence-corrected chi connectivity index (χ3v) is 2.39. The van der Waals surface area contributed by atoms with Crippen LogP contribution in [0.1, 0.15) is 5.82 Å². The Morgan fingerprint density at radius 2 is 1.84 bits per heavy atom. The molecule has 1 rings (SSSR count). The van der Waals surface area contributed by atoms with Crippen molar-refractivity contribution in [3.8, 4) is 0 Å². The second-order valence-corrected chi connectivity index (χ2v) is 4.30. The number of hydrogen-bond donors (Lipinski definition) is 2. The van der Waals surface area contributed by atoms with E-state index in [0.717, 1.165) is 0 Å². The van der Waals surface area contributed by atoms with Gasteiger partial charge in [0.05, 0.1) is 0 Å². The zero-order valence-corrected chi connectivity index (χ0v) is 11.0. The van der Waals surface area contributed by atoms with Crippen molar-refractivity contribution in [2.45, 2.75) is 6.18 Å². The molecule has 0 bridgehead atoms. The molecule has 108 valence electrons. The van der Waals surface area contributed by atoms with Crippen molar-refractivity contribution in [2.24, 2.45) is 5.84 Å². The molecule has 0 fully saturated rings. The Morgan fingerprint density at radius 3 is 2.32 bits per heavy atom. The monoisotopic (exact) mass is 278 g/mol. The second-order valence-electron chi connectivity index (χ2n) is 4.30. The van der Waals surface area contributed by atoms with E-state index in [-0.39, 0.29) is 11.6 Å². The largest absolute Gasteiger partial charge is 0.451 e. The number of nitrogens with two attached hydrogens (primary N) is 1. The van der Waals surface area contributed by atoms with Crippen LogP contribution in [0.25, 0.3) is 0 Å². The van der Waals surface area contributed by atoms with Gasteiger partial charge < -0.3 is 15.2 Å². The molecule has 3 N–H and O–H groups in total. The summed E-state index contributed by atoms with van der Waals surface area (Å²) in [5, 5.41) is 0. The van der Waals surface area contributed by atoms with E-state index in [0.29, 0.717) is 13.1 Å². The summed E-state index contributed by atoms with van der Waals surface area (Å²) in [6.07, 6.45) is -4.61. The highest BCUT2D eigenvalue weighted by atomic mass is 19.4. The van der Waals surface area contributed by atoms with Gasteiger partial charge in [0.15, 0.2) is 0 Å². The van der Waals surface area contributed by atoms with Gasteiger partial charge in [-0.3, -0.25) is 0 Å². The predicted octanol–water partition coefficient (Wildman–Crippen LogP) is 0.779. The number of halogens is 3. The standard InChI is InChI=1S/C10H17F3N6/c1-18(2)4-5-19(3)8-6-7(17-14)15-9(16-8)10(11,12)13/h6H,4-5,14H2,1-3H3,(H,15,16,17). The maximum atomic E-state index is 12.6. The van der Waals surface area contributed by atoms with Gasteiger partial charge >= 0.3 is 6.18 Å². The molecule has 6 nitrogen and oxygen atoms in total. The minimum Gasteiger partial charge on any atom is -0.358 e. The molecule has 0 aliphatic rings. The van der Waals surface area contributed by atoms with Crippen LogP contribution in [0.2, 0.25) is 0 Å². The number of hydrazine groups is 1. The van der Waals surface area contributed by atoms with E-state index in [1.54, 1.807) is 11.9 Å². The van der Waals surface area contributed by atoms with Crippen molar-refractivity contribution in [1.82, 2.24) is 14.9 Å². The van der Waals surface area contributed by atoms with E-state index in [1.807, 2.05) is 19.0 Å². The topological polar surface area (TPSA) is 70.3 Å². The first-order valence-electron chi connectivity index (χ1n) is 5.53. The summed E-state index contributed by atoms with van der Waals surface area (Å²) < 4.78 is 37.9. The highest BCUT2D eigenvalue weighted by molar-refractivity contribution is 5.48. The van der Waals surface area contributed by atoms with Crippen LogP contribution in [0.3, 0.4) is 0 Å². The number of rotatable bonds is 5. The second kappa shape index (κ2) is 6.02. The minimum atomic E-state index is -4.61. The number of nitrogen functional groups attached to an aromatic ring is 1. The summed E-state index contributed by atoms with van der Waals surface area (Å²) in [6.45, 7) is 1.22. The summed E-state index contributed by atoms with van der Waals surface area (Å²) in [5.74, 6) is 3.99. The van der Waals surface area contributed by atoms with Crippen molar-refractivity contribution in [3.05, 3.63) is 11.9 Å². The molecule has 9 heteroatoms. The molecule has 0 spiro atoms. The van der Waals surface area contributed by atoms with Crippen molar-refractivity contribution in [3.63, 3.8) is 0 Å². The van der Waals surface area contributed by atoms with E-state index >= 15 is 0 Å². The average molecular weight is 278 g/mol. The zero-order chi connectivity index (χ0) is 14.6. The lowest BCUT2D eigenvalue weighted by atomic mass is 10.4. The van der Waals surface area contributed by atoms with Gasteiger partial charge in [0.1, 0.15) is 11.6 Å². The number of alkyl halides is 3. The summed E-state index contributed by atoms with van der Waals surface area (Å²) in [6, 6.07) is 1.37. The lowest BCUT2D eigenvalue weighted by molar-refractivity contribution is -0.144. The number of likely N-dealkylation sites (N-methyl/N-ethyl adjacent to an activating group) is 2. The lowest BCUT2D eigenvalue weighted by Gasteiger charge is -2.21. The van der Waals surface area contributed by atoms with Crippen LogP contribution in [-0.4, -0.2) is 49.1 Å². The number of anilines is 2. The van der Waals surface area contributed by atoms with Crippen LogP contribution in [0.5, 0.6) is 0 Å². The van der Waals surface area contributed by atoms with Gasteiger partial charge in [-0.05, 0) is 14.1 Å². The van der Waals surface area contributed by atoms with Crippen molar-refractivity contribution < 1.29 is 13.2 Å². The van der Waals surface area contributed by atoms with Crippen LogP contribution in [0, 0.1) is 0 Å². The van der Waals surface area contributed by atoms with Gasteiger partial charge in [-0.1, -0.05) is 0 Å². The van der Waals surface area contributed by atoms with Gasteiger partial charge in [-0.2, -0.15) is 13.2 Å². The molecule has 1 aromatic heterocycles. The third kappa shape index (κ3) is 4.52. The molecule has 0 amide bonds. The Bertz CT molecular complexity index is 420. The Morgan fingerprint density at radius 1 is 1.21 bits per heavy atom. The van der Waals surface area contributed by atoms with Crippen LogP contribution < -0.4 is 16.2 Å². The normalized spacial score (nSPS) is 11.8. The van der Waals surface area contributed by atoms with Gasteiger partial charge in [-0.15, -0.1) is 0 Å². The zero-order valence-electron chi connectivity index (χ0n) is 11.0. The minimum absolute atomic E-state index is 0.0750. The lowest BCUT2D eigenvalue weighted by Crippen LogP contribution is -2.30. The molecule has 0 atom stereocenters. The van der Waals surface area contributed by atoms with E-state index in [2.05, 4.69) is 15.4 Å². The maximum Gasteiger partial charge on any atom is 0.451 e. The van der Waals surface area contributed by atoms with Crippen molar-refractivity contribution in [1.29, 1.82) is 0 Å². The smallest absolute Gasteiger partial charge is 0.358 e. The van der Waals surface area contributed by atoms with Gasteiger partial charge in [0, 0.05) is 26.2 Å². The first-order chi connectivity index (χ1) is 8.74. The van der Waals surface area contributed by atoms with E-state index in [1.165, 1.54) is 6.07 Å². The Balaban J connectivity index is 2.99. The van der Waals surface area contributed by atoms with E-state index in [9.17, 15) is 13.2 Å². The first-order valence-corrected chi connectivity index (χ1v) is 5.53. The molecule has 19 heavy (non-hydrogen) atoms. The number of hydrogen-bond acceptors (Lipinski definition) is 6. The summed E-state index contributed by atoms with van der Waals surface area (Å²) in [7, 11) is 5.41. The molecule has 1 heterocycles. The quantitative estimate of drug-likeness (QED) is 0.612. The third-order valence-electron chi connectivity index (χ3n) is 2.39. The van der Waals surface area contributed by atoms with Crippen molar-refractivity contribution >= 4 is 11.6 Å². The van der Waals surface area contributed by atoms with E-state index in [4.69, 9.17) is 5.84 Å². The van der Waals surface area contributed by atoms with E-state index < -0.39 is 12.0 Å². The van der Waals surface area contributed by atoms with Crippen LogP contribution >= 0.6 is 0 Å². The molecule has 0 aromatic carbocycles. The van der Waals surface area contributed by atoms with Crippen LogP contribution in [-0.2, 0) is 6.18 Å². The summed E-state index contributed by atoms with van der Waals surface area (Å²) in [4.78, 5) is 10.3. The van der Waals surface area contributed by atoms with Crippen LogP contribution in [0.4, 0.5) is 24.8 Å². The molecule has 0 aliphatic heterocycles. The number of nitrogens with one attached hydrogen (secondary N) is 1. The molecular formula is C10H17F3N6. The molecular weight excluding hydrogens is 261 g/mol. The SMILES string of the molecule is CN(C)CCN(C)c1cc(NN)nc(C(F)(F)F)n1. The Labute approximate surface area is 109 Å². The molecule has 0 aliphatic carbocycles. The van der Waals surface area contributed by atoms with Gasteiger partial charge in [0.2, 0.25) is 5.82 Å². The summed E-state index contributed by atoms with van der Waals surface area (Å²) in [5.41, 5.74) is 2.11. The maximum absolute atomic E-state index is 12.6. The average Bonchev–Trinajstić information content (AvgIpc) is 2.34. The van der Waals surface area contributed by atoms with Gasteiger partial charge in [-0.25, -0.2) is 15.8 Å². The van der Waals surface area contributed by atoms with Crippen molar-refractivity contribution in [2.75, 3.05) is 44.6 Å². The molecule has 0 saturated carbocycles. The Hall–Kier alpha value is -1.61. The first kappa shape index (κ1) is 15.4. The molecule has 0 radical (unpaired) electrons. The van der Waals surface area contributed by atoms with Gasteiger partial charge in [0.25, 0.3) is 0 Å². The number of aromatic nitrogens is 2. The van der Waals surface area contributed by atoms with Crippen LogP contribution in [0.15, 0.2) is 6.07 Å². The highest BCUT2D eigenvalue weighted by Gasteiger charge is 2.35. The summed E-state index contributed by atoms with van der Waals surface area (Å²) >= 11 is 0. The molecule has 0 saturated heterocycles. The highest BCUT2D eigenvalue weighted by Crippen LogP contribution is 2.28. The number of nitrogens with zero attached hydrogens (tertiary/aromatic N) is 4.